The Morgan fingerprint density at radius 2 is 1.92 bits per heavy atom. The Morgan fingerprint density at radius 3 is 2.62 bits per heavy atom. The molecule has 0 aromatic heterocycles. The molecule has 26 heavy (non-hydrogen) atoms. The van der Waals surface area contributed by atoms with Gasteiger partial charge in [0.15, 0.2) is 0 Å². The zero-order valence-electron chi connectivity index (χ0n) is 16.1. The first-order chi connectivity index (χ1) is 12.5. The summed E-state index contributed by atoms with van der Waals surface area (Å²) >= 11 is 0. The van der Waals surface area contributed by atoms with Crippen LogP contribution in [-0.2, 0) is 11.3 Å². The van der Waals surface area contributed by atoms with E-state index in [4.69, 9.17) is 4.74 Å². The molecule has 0 heterocycles. The fourth-order valence-corrected chi connectivity index (χ4v) is 2.79. The van der Waals surface area contributed by atoms with Gasteiger partial charge in [-0.25, -0.2) is 0 Å². The van der Waals surface area contributed by atoms with Crippen molar-refractivity contribution in [3.05, 3.63) is 65.2 Å². The van der Waals surface area contributed by atoms with Gasteiger partial charge in [0.25, 0.3) is 0 Å². The van der Waals surface area contributed by atoms with Crippen LogP contribution >= 0.6 is 0 Å². The van der Waals surface area contributed by atoms with Gasteiger partial charge >= 0.3 is 0 Å². The lowest BCUT2D eigenvalue weighted by atomic mass is 10.1. The topological polar surface area (TPSA) is 41.6 Å². The van der Waals surface area contributed by atoms with Gasteiger partial charge in [0.1, 0.15) is 5.75 Å². The molecule has 0 saturated heterocycles. The number of hydrogen-bond donors (Lipinski definition) is 1. The van der Waals surface area contributed by atoms with Gasteiger partial charge in [0.2, 0.25) is 5.91 Å². The summed E-state index contributed by atoms with van der Waals surface area (Å²) in [5.41, 5.74) is 4.00. The molecule has 4 nitrogen and oxygen atoms in total. The molecule has 4 heteroatoms. The lowest BCUT2D eigenvalue weighted by molar-refractivity contribution is -0.111. The van der Waals surface area contributed by atoms with Crippen LogP contribution in [0.2, 0.25) is 0 Å². The van der Waals surface area contributed by atoms with E-state index in [-0.39, 0.29) is 5.91 Å². The number of benzene rings is 2. The summed E-state index contributed by atoms with van der Waals surface area (Å²) in [6, 6.07) is 13.9. The lowest BCUT2D eigenvalue weighted by Gasteiger charge is -2.18. The first-order valence-electron chi connectivity index (χ1n) is 9.00. The molecule has 138 valence electrons. The van der Waals surface area contributed by atoms with Crippen molar-refractivity contribution in [2.45, 2.75) is 27.3 Å². The van der Waals surface area contributed by atoms with Gasteiger partial charge in [-0.15, -0.1) is 0 Å². The van der Waals surface area contributed by atoms with Crippen LogP contribution in [0.25, 0.3) is 6.08 Å². The van der Waals surface area contributed by atoms with E-state index in [1.807, 2.05) is 43.3 Å². The van der Waals surface area contributed by atoms with Crippen LogP contribution < -0.4 is 10.1 Å². The maximum Gasteiger partial charge on any atom is 0.248 e. The Morgan fingerprint density at radius 1 is 1.15 bits per heavy atom. The fourth-order valence-electron chi connectivity index (χ4n) is 2.79. The smallest absolute Gasteiger partial charge is 0.248 e. The Hall–Kier alpha value is -2.59. The number of nitrogens with zero attached hydrogens (tertiary/aromatic N) is 1. The third kappa shape index (κ3) is 5.74. The van der Waals surface area contributed by atoms with E-state index >= 15 is 0 Å². The standard InChI is InChI=1S/C22H28N2O2/c1-5-24(6-2)16-18-8-7-9-20(15-18)23-22(25)13-11-19-14-17(3)10-12-21(19)26-4/h7-15H,5-6,16H2,1-4H3,(H,23,25)/b13-11+. The third-order valence-corrected chi connectivity index (χ3v) is 4.29. The van der Waals surface area contributed by atoms with Crippen molar-refractivity contribution in [1.82, 2.24) is 4.90 Å². The molecular weight excluding hydrogens is 324 g/mol. The molecule has 0 bridgehead atoms. The number of nitrogens with one attached hydrogen (secondary N) is 1. The second kappa shape index (κ2) is 9.78. The minimum Gasteiger partial charge on any atom is -0.496 e. The Labute approximate surface area is 156 Å². The number of anilines is 1. The normalized spacial score (nSPS) is 11.1. The average molecular weight is 352 g/mol. The van der Waals surface area contributed by atoms with Gasteiger partial charge in [0, 0.05) is 23.9 Å². The van der Waals surface area contributed by atoms with E-state index in [2.05, 4.69) is 30.1 Å². The Balaban J connectivity index is 2.05. The molecule has 1 N–H and O–H groups in total. The van der Waals surface area contributed by atoms with Crippen LogP contribution in [0.4, 0.5) is 5.69 Å². The van der Waals surface area contributed by atoms with E-state index in [1.165, 1.54) is 11.6 Å². The highest BCUT2D eigenvalue weighted by molar-refractivity contribution is 6.02. The molecule has 0 aliphatic heterocycles. The van der Waals surface area contributed by atoms with Gasteiger partial charge < -0.3 is 10.1 Å². The van der Waals surface area contributed by atoms with E-state index in [0.717, 1.165) is 42.2 Å². The summed E-state index contributed by atoms with van der Waals surface area (Å²) in [4.78, 5) is 14.6. The second-order valence-corrected chi connectivity index (χ2v) is 6.23. The maximum atomic E-state index is 12.3. The number of rotatable bonds is 8. The van der Waals surface area contributed by atoms with Gasteiger partial charge in [-0.2, -0.15) is 0 Å². The summed E-state index contributed by atoms with van der Waals surface area (Å²) in [6.07, 6.45) is 3.31. The molecule has 0 fully saturated rings. The van der Waals surface area contributed by atoms with Crippen LogP contribution in [0.15, 0.2) is 48.5 Å². The summed E-state index contributed by atoms with van der Waals surface area (Å²) in [5.74, 6) is 0.592. The minimum atomic E-state index is -0.159. The monoisotopic (exact) mass is 352 g/mol. The summed E-state index contributed by atoms with van der Waals surface area (Å²) < 4.78 is 5.34. The number of aryl methyl sites for hydroxylation is 1. The van der Waals surface area contributed by atoms with Crippen LogP contribution in [0.5, 0.6) is 5.75 Å². The minimum absolute atomic E-state index is 0.159. The summed E-state index contributed by atoms with van der Waals surface area (Å²) in [6.45, 7) is 9.21. The van der Waals surface area contributed by atoms with Crippen molar-refractivity contribution in [1.29, 1.82) is 0 Å². The predicted octanol–water partition coefficient (Wildman–Crippen LogP) is 4.50. The average Bonchev–Trinajstić information content (AvgIpc) is 2.65. The Bertz CT molecular complexity index is 764. The number of carbonyl (C=O) groups excluding carboxylic acids is 1. The van der Waals surface area contributed by atoms with Crippen LogP contribution in [-0.4, -0.2) is 31.0 Å². The van der Waals surface area contributed by atoms with Gasteiger partial charge in [-0.05, 0) is 55.9 Å². The fraction of sp³-hybridized carbons (Fsp3) is 0.318. The van der Waals surface area contributed by atoms with Gasteiger partial charge in [-0.3, -0.25) is 9.69 Å². The molecular formula is C22H28N2O2. The largest absolute Gasteiger partial charge is 0.496 e. The molecule has 0 spiro atoms. The van der Waals surface area contributed by atoms with Crippen LogP contribution in [0.1, 0.15) is 30.5 Å². The van der Waals surface area contributed by atoms with Crippen molar-refractivity contribution in [2.75, 3.05) is 25.5 Å². The van der Waals surface area contributed by atoms with Crippen molar-refractivity contribution >= 4 is 17.7 Å². The molecule has 1 amide bonds. The molecule has 0 atom stereocenters. The quantitative estimate of drug-likeness (QED) is 0.711. The van der Waals surface area contributed by atoms with E-state index in [0.29, 0.717) is 0 Å². The molecule has 0 unspecified atom stereocenters. The second-order valence-electron chi connectivity index (χ2n) is 6.23. The lowest BCUT2D eigenvalue weighted by Crippen LogP contribution is -2.22. The van der Waals surface area contributed by atoms with Gasteiger partial charge in [0.05, 0.1) is 7.11 Å². The van der Waals surface area contributed by atoms with Crippen molar-refractivity contribution in [3.8, 4) is 5.75 Å². The molecule has 0 aliphatic carbocycles. The predicted molar refractivity (Wildman–Crippen MR) is 108 cm³/mol. The number of hydrogen-bond acceptors (Lipinski definition) is 3. The highest BCUT2D eigenvalue weighted by atomic mass is 16.5. The molecule has 0 saturated carbocycles. The highest BCUT2D eigenvalue weighted by Gasteiger charge is 2.04. The Kier molecular flexibility index (Phi) is 7.42. The summed E-state index contributed by atoms with van der Waals surface area (Å²) in [5, 5.41) is 2.93. The van der Waals surface area contributed by atoms with E-state index < -0.39 is 0 Å². The summed E-state index contributed by atoms with van der Waals surface area (Å²) in [7, 11) is 1.63. The zero-order chi connectivity index (χ0) is 18.9. The first-order valence-corrected chi connectivity index (χ1v) is 9.00. The van der Waals surface area contributed by atoms with Crippen molar-refractivity contribution in [2.24, 2.45) is 0 Å². The molecule has 2 aromatic carbocycles. The number of methoxy groups -OCH3 is 1. The zero-order valence-corrected chi connectivity index (χ0v) is 16.1. The maximum absolute atomic E-state index is 12.3. The highest BCUT2D eigenvalue weighted by Crippen LogP contribution is 2.21. The van der Waals surface area contributed by atoms with Gasteiger partial charge in [-0.1, -0.05) is 37.6 Å². The van der Waals surface area contributed by atoms with E-state index in [1.54, 1.807) is 13.2 Å². The third-order valence-electron chi connectivity index (χ3n) is 4.29. The number of ether oxygens (including phenoxy) is 1. The number of carbonyl (C=O) groups is 1. The first kappa shape index (κ1) is 19.7. The van der Waals surface area contributed by atoms with Crippen molar-refractivity contribution < 1.29 is 9.53 Å². The van der Waals surface area contributed by atoms with Crippen molar-refractivity contribution in [3.63, 3.8) is 0 Å². The van der Waals surface area contributed by atoms with Crippen LogP contribution in [0.3, 0.4) is 0 Å². The molecule has 0 radical (unpaired) electrons. The van der Waals surface area contributed by atoms with Crippen LogP contribution in [0, 0.1) is 6.92 Å². The van der Waals surface area contributed by atoms with E-state index in [9.17, 15) is 4.79 Å². The molecule has 2 aromatic rings. The number of amides is 1. The molecule has 0 aliphatic rings. The molecule has 2 rings (SSSR count). The SMILES string of the molecule is CCN(CC)Cc1cccc(NC(=O)/C=C/c2cc(C)ccc2OC)c1.